The first-order valence-corrected chi connectivity index (χ1v) is 6.57. The first-order valence-electron chi connectivity index (χ1n) is 5.58. The average molecular weight is 244 g/mol. The van der Waals surface area contributed by atoms with Gasteiger partial charge in [0.15, 0.2) is 0 Å². The number of rotatable bonds is 6. The van der Waals surface area contributed by atoms with Gasteiger partial charge in [0.1, 0.15) is 0 Å². The summed E-state index contributed by atoms with van der Waals surface area (Å²) in [7, 11) is 0. The molecule has 0 fully saturated rings. The van der Waals surface area contributed by atoms with E-state index in [4.69, 9.17) is 0 Å². The number of aromatic nitrogens is 1. The number of para-hydroxylation sites is 1. The Kier molecular flexibility index (Phi) is 4.33. The van der Waals surface area contributed by atoms with E-state index in [0.29, 0.717) is 0 Å². The largest absolute Gasteiger partial charge is 0.380 e. The number of H-pyrrole nitrogens is 1. The van der Waals surface area contributed by atoms with Crippen LogP contribution in [-0.2, 0) is 6.54 Å². The molecule has 2 N–H and O–H groups in total. The lowest BCUT2D eigenvalue weighted by Gasteiger charge is -2.10. The molecule has 0 spiro atoms. The van der Waals surface area contributed by atoms with Gasteiger partial charge < -0.3 is 10.3 Å². The summed E-state index contributed by atoms with van der Waals surface area (Å²) < 4.78 is 0. The van der Waals surface area contributed by atoms with Crippen LogP contribution in [0, 0.1) is 0 Å². The quantitative estimate of drug-likeness (QED) is 0.595. The van der Waals surface area contributed by atoms with Crippen molar-refractivity contribution in [2.45, 2.75) is 11.4 Å². The second kappa shape index (κ2) is 6.21. The van der Waals surface area contributed by atoms with E-state index in [1.54, 1.807) is 11.8 Å². The molecule has 1 heterocycles. The van der Waals surface area contributed by atoms with Crippen LogP contribution in [0.2, 0.25) is 0 Å². The van der Waals surface area contributed by atoms with Crippen molar-refractivity contribution in [1.82, 2.24) is 4.98 Å². The summed E-state index contributed by atoms with van der Waals surface area (Å²) in [6.07, 6.45) is 5.87. The first-order chi connectivity index (χ1) is 8.40. The van der Waals surface area contributed by atoms with Crippen molar-refractivity contribution in [2.24, 2.45) is 0 Å². The number of hydrogen-bond donors (Lipinski definition) is 2. The maximum Gasteiger partial charge on any atom is 0.0481 e. The topological polar surface area (TPSA) is 27.8 Å². The van der Waals surface area contributed by atoms with Crippen LogP contribution in [0.5, 0.6) is 0 Å². The van der Waals surface area contributed by atoms with Crippen LogP contribution in [-0.4, -0.2) is 10.7 Å². The molecule has 0 radical (unpaired) electrons. The third-order valence-electron chi connectivity index (χ3n) is 2.39. The fourth-order valence-electron chi connectivity index (χ4n) is 1.55. The summed E-state index contributed by atoms with van der Waals surface area (Å²) in [4.78, 5) is 4.32. The molecule has 17 heavy (non-hydrogen) atoms. The normalized spacial score (nSPS) is 10.1. The fraction of sp³-hybridized carbons (Fsp3) is 0.143. The van der Waals surface area contributed by atoms with Gasteiger partial charge in [-0.1, -0.05) is 18.2 Å². The van der Waals surface area contributed by atoms with Crippen molar-refractivity contribution in [1.29, 1.82) is 0 Å². The van der Waals surface area contributed by atoms with Crippen LogP contribution in [0.4, 0.5) is 5.69 Å². The molecule has 0 aliphatic heterocycles. The number of nitrogens with one attached hydrogen (secondary N) is 2. The van der Waals surface area contributed by atoms with Crippen molar-refractivity contribution < 1.29 is 0 Å². The van der Waals surface area contributed by atoms with Gasteiger partial charge in [0.25, 0.3) is 0 Å². The van der Waals surface area contributed by atoms with Crippen molar-refractivity contribution in [3.05, 3.63) is 60.9 Å². The lowest BCUT2D eigenvalue weighted by molar-refractivity contribution is 1.13. The predicted molar refractivity (Wildman–Crippen MR) is 75.5 cm³/mol. The van der Waals surface area contributed by atoms with E-state index in [1.165, 1.54) is 16.1 Å². The monoisotopic (exact) mass is 244 g/mol. The van der Waals surface area contributed by atoms with Gasteiger partial charge in [-0.05, 0) is 23.8 Å². The number of aromatic amines is 1. The van der Waals surface area contributed by atoms with Crippen LogP contribution >= 0.6 is 11.8 Å². The zero-order valence-electron chi connectivity index (χ0n) is 9.65. The van der Waals surface area contributed by atoms with Crippen LogP contribution in [0.15, 0.2) is 60.3 Å². The number of thioether (sulfide) groups is 1. The van der Waals surface area contributed by atoms with Crippen LogP contribution < -0.4 is 5.32 Å². The molecular weight excluding hydrogens is 228 g/mol. The van der Waals surface area contributed by atoms with E-state index in [0.717, 1.165) is 12.3 Å². The third kappa shape index (κ3) is 3.43. The van der Waals surface area contributed by atoms with Gasteiger partial charge in [-0.15, -0.1) is 18.3 Å². The Morgan fingerprint density at radius 3 is 2.94 bits per heavy atom. The van der Waals surface area contributed by atoms with Gasteiger partial charge in [-0.25, -0.2) is 0 Å². The van der Waals surface area contributed by atoms with Gasteiger partial charge in [0.05, 0.1) is 0 Å². The van der Waals surface area contributed by atoms with Crippen LogP contribution in [0.1, 0.15) is 5.56 Å². The molecule has 1 aromatic heterocycles. The highest BCUT2D eigenvalue weighted by atomic mass is 32.2. The summed E-state index contributed by atoms with van der Waals surface area (Å²) in [5.41, 5.74) is 2.44. The Labute approximate surface area is 106 Å². The maximum absolute atomic E-state index is 3.75. The van der Waals surface area contributed by atoms with Gasteiger partial charge in [0.2, 0.25) is 0 Å². The minimum Gasteiger partial charge on any atom is -0.380 e. The lowest BCUT2D eigenvalue weighted by atomic mass is 10.3. The van der Waals surface area contributed by atoms with Crippen molar-refractivity contribution in [3.63, 3.8) is 0 Å². The molecular formula is C14H16N2S. The van der Waals surface area contributed by atoms with E-state index in [1.807, 2.05) is 18.5 Å². The molecule has 1 aromatic carbocycles. The molecule has 0 atom stereocenters. The van der Waals surface area contributed by atoms with E-state index >= 15 is 0 Å². The molecule has 0 aliphatic rings. The minimum atomic E-state index is 0.842. The predicted octanol–water partition coefficient (Wildman–Crippen LogP) is 3.90. The summed E-state index contributed by atoms with van der Waals surface area (Å²) >= 11 is 1.80. The van der Waals surface area contributed by atoms with E-state index in [2.05, 4.69) is 47.2 Å². The zero-order valence-corrected chi connectivity index (χ0v) is 10.5. The second-order valence-electron chi connectivity index (χ2n) is 3.67. The minimum absolute atomic E-state index is 0.842. The molecule has 2 nitrogen and oxygen atoms in total. The van der Waals surface area contributed by atoms with Gasteiger partial charge in [-0.3, -0.25) is 0 Å². The SMILES string of the molecule is C=CCSc1ccccc1NCc1cc[nH]c1. The lowest BCUT2D eigenvalue weighted by Crippen LogP contribution is -1.99. The molecule has 0 aliphatic carbocycles. The molecule has 0 saturated carbocycles. The molecule has 2 aromatic rings. The standard InChI is InChI=1S/C14H16N2S/c1-2-9-17-14-6-4-3-5-13(14)16-11-12-7-8-15-10-12/h2-8,10,15-16H,1,9,11H2. The van der Waals surface area contributed by atoms with Crippen LogP contribution in [0.25, 0.3) is 0 Å². The second-order valence-corrected chi connectivity index (χ2v) is 4.73. The number of benzene rings is 1. The summed E-state index contributed by atoms with van der Waals surface area (Å²) in [6, 6.07) is 10.4. The van der Waals surface area contributed by atoms with Gasteiger partial charge >= 0.3 is 0 Å². The van der Waals surface area contributed by atoms with Crippen molar-refractivity contribution in [2.75, 3.05) is 11.1 Å². The number of anilines is 1. The highest BCUT2D eigenvalue weighted by molar-refractivity contribution is 7.99. The van der Waals surface area contributed by atoms with Crippen LogP contribution in [0.3, 0.4) is 0 Å². The molecule has 0 saturated heterocycles. The summed E-state index contributed by atoms with van der Waals surface area (Å²) in [6.45, 7) is 4.59. The first kappa shape index (κ1) is 11.9. The summed E-state index contributed by atoms with van der Waals surface area (Å²) in [5, 5.41) is 3.45. The van der Waals surface area contributed by atoms with Crippen molar-refractivity contribution in [3.8, 4) is 0 Å². The Bertz CT molecular complexity index is 463. The third-order valence-corrected chi connectivity index (χ3v) is 3.46. The molecule has 3 heteroatoms. The van der Waals surface area contributed by atoms with E-state index < -0.39 is 0 Å². The molecule has 2 rings (SSSR count). The smallest absolute Gasteiger partial charge is 0.0481 e. The Morgan fingerprint density at radius 1 is 1.29 bits per heavy atom. The highest BCUT2D eigenvalue weighted by Gasteiger charge is 2.01. The molecule has 88 valence electrons. The van der Waals surface area contributed by atoms with E-state index in [-0.39, 0.29) is 0 Å². The average Bonchev–Trinajstić information content (AvgIpc) is 2.88. The van der Waals surface area contributed by atoms with Gasteiger partial charge in [-0.2, -0.15) is 0 Å². The fourth-order valence-corrected chi connectivity index (χ4v) is 2.32. The maximum atomic E-state index is 3.75. The molecule has 0 amide bonds. The summed E-state index contributed by atoms with van der Waals surface area (Å²) in [5.74, 6) is 0.933. The Hall–Kier alpha value is -1.61. The Balaban J connectivity index is 2.01. The highest BCUT2D eigenvalue weighted by Crippen LogP contribution is 2.27. The molecule has 0 bridgehead atoms. The van der Waals surface area contributed by atoms with Crippen molar-refractivity contribution >= 4 is 17.4 Å². The molecule has 0 unspecified atom stereocenters. The zero-order chi connectivity index (χ0) is 11.9. The van der Waals surface area contributed by atoms with Gasteiger partial charge in [0, 0.05) is 35.3 Å². The van der Waals surface area contributed by atoms with E-state index in [9.17, 15) is 0 Å². The Morgan fingerprint density at radius 2 is 2.18 bits per heavy atom. The number of hydrogen-bond acceptors (Lipinski definition) is 2.